The molecule has 1 saturated heterocycles. The van der Waals surface area contributed by atoms with Crippen LogP contribution in [0.4, 0.5) is 0 Å². The average Bonchev–Trinajstić information content (AvgIpc) is 2.98. The van der Waals surface area contributed by atoms with Crippen molar-refractivity contribution < 1.29 is 9.26 Å². The molecule has 3 rings (SSSR count). The number of hydrogen-bond donors (Lipinski definition) is 1. The lowest BCUT2D eigenvalue weighted by Crippen LogP contribution is -2.40. The molecule has 2 aromatic heterocycles. The Bertz CT molecular complexity index is 549. The maximum Gasteiger partial charge on any atom is 0.234 e. The van der Waals surface area contributed by atoms with Crippen molar-refractivity contribution in [2.24, 2.45) is 5.73 Å². The molecule has 0 aliphatic carbocycles. The largest absolute Gasteiger partial charge is 0.381 e. The van der Waals surface area contributed by atoms with E-state index in [-0.39, 0.29) is 5.41 Å². The molecule has 0 spiro atoms. The predicted molar refractivity (Wildman–Crippen MR) is 72.1 cm³/mol. The first-order valence-electron chi connectivity index (χ1n) is 6.82. The molecule has 0 unspecified atom stereocenters. The van der Waals surface area contributed by atoms with Crippen LogP contribution in [0.5, 0.6) is 0 Å². The SMILES string of the molecule is NCC1(c2nc(Cc3cccnc3)no2)CCOCC1. The molecule has 1 aliphatic heterocycles. The second-order valence-corrected chi connectivity index (χ2v) is 5.15. The van der Waals surface area contributed by atoms with Crippen LogP contribution in [0.15, 0.2) is 29.0 Å². The molecule has 6 nitrogen and oxygen atoms in total. The third-order valence-electron chi connectivity index (χ3n) is 3.85. The van der Waals surface area contributed by atoms with E-state index in [0.717, 1.165) is 18.4 Å². The highest BCUT2D eigenvalue weighted by Gasteiger charge is 2.38. The molecule has 1 aliphatic rings. The van der Waals surface area contributed by atoms with Crippen LogP contribution < -0.4 is 5.73 Å². The average molecular weight is 274 g/mol. The molecule has 106 valence electrons. The molecule has 0 bridgehead atoms. The van der Waals surface area contributed by atoms with Gasteiger partial charge in [-0.3, -0.25) is 4.98 Å². The van der Waals surface area contributed by atoms with E-state index in [0.29, 0.717) is 37.9 Å². The van der Waals surface area contributed by atoms with Gasteiger partial charge in [0.1, 0.15) is 0 Å². The van der Waals surface area contributed by atoms with E-state index in [1.54, 1.807) is 6.20 Å². The fourth-order valence-corrected chi connectivity index (χ4v) is 2.49. The van der Waals surface area contributed by atoms with E-state index >= 15 is 0 Å². The number of hydrogen-bond acceptors (Lipinski definition) is 6. The summed E-state index contributed by atoms with van der Waals surface area (Å²) in [5, 5.41) is 4.07. The Balaban J connectivity index is 1.79. The molecule has 0 amide bonds. The summed E-state index contributed by atoms with van der Waals surface area (Å²) in [7, 11) is 0. The maximum absolute atomic E-state index is 5.94. The summed E-state index contributed by atoms with van der Waals surface area (Å²) < 4.78 is 10.9. The predicted octanol–water partition coefficient (Wildman–Crippen LogP) is 1.06. The second-order valence-electron chi connectivity index (χ2n) is 5.15. The molecule has 1 fully saturated rings. The van der Waals surface area contributed by atoms with Crippen LogP contribution in [0.3, 0.4) is 0 Å². The van der Waals surface area contributed by atoms with E-state index in [9.17, 15) is 0 Å². The summed E-state index contributed by atoms with van der Waals surface area (Å²) in [4.78, 5) is 8.62. The molecule has 6 heteroatoms. The van der Waals surface area contributed by atoms with E-state index in [2.05, 4.69) is 15.1 Å². The van der Waals surface area contributed by atoms with Crippen molar-refractivity contribution in [3.05, 3.63) is 41.8 Å². The van der Waals surface area contributed by atoms with Crippen LogP contribution >= 0.6 is 0 Å². The Morgan fingerprint density at radius 2 is 2.15 bits per heavy atom. The molecule has 0 radical (unpaired) electrons. The third kappa shape index (κ3) is 2.57. The van der Waals surface area contributed by atoms with Crippen molar-refractivity contribution in [2.45, 2.75) is 24.7 Å². The zero-order chi connectivity index (χ0) is 13.8. The number of pyridine rings is 1. The quantitative estimate of drug-likeness (QED) is 0.897. The lowest BCUT2D eigenvalue weighted by molar-refractivity contribution is 0.0409. The lowest BCUT2D eigenvalue weighted by Gasteiger charge is -2.32. The van der Waals surface area contributed by atoms with Crippen LogP contribution in [-0.2, 0) is 16.6 Å². The molecule has 0 saturated carbocycles. The Kier molecular flexibility index (Phi) is 3.75. The fraction of sp³-hybridized carbons (Fsp3) is 0.500. The van der Waals surface area contributed by atoms with E-state index in [1.807, 2.05) is 18.3 Å². The van der Waals surface area contributed by atoms with Gasteiger partial charge < -0.3 is 15.0 Å². The lowest BCUT2D eigenvalue weighted by atomic mass is 9.80. The van der Waals surface area contributed by atoms with Crippen LogP contribution in [0, 0.1) is 0 Å². The van der Waals surface area contributed by atoms with Crippen molar-refractivity contribution in [3.8, 4) is 0 Å². The minimum absolute atomic E-state index is 0.224. The zero-order valence-electron chi connectivity index (χ0n) is 11.3. The topological polar surface area (TPSA) is 87.1 Å². The Hall–Kier alpha value is -1.79. The van der Waals surface area contributed by atoms with Gasteiger partial charge >= 0.3 is 0 Å². The van der Waals surface area contributed by atoms with Gasteiger partial charge in [0.2, 0.25) is 5.89 Å². The van der Waals surface area contributed by atoms with E-state index < -0.39 is 0 Å². The number of ether oxygens (including phenoxy) is 1. The molecule has 3 heterocycles. The highest BCUT2D eigenvalue weighted by molar-refractivity contribution is 5.15. The van der Waals surface area contributed by atoms with Gasteiger partial charge in [0, 0.05) is 38.6 Å². The molecule has 0 atom stereocenters. The maximum atomic E-state index is 5.94. The van der Waals surface area contributed by atoms with Gasteiger partial charge in [-0.2, -0.15) is 4.98 Å². The van der Waals surface area contributed by atoms with Crippen molar-refractivity contribution in [2.75, 3.05) is 19.8 Å². The van der Waals surface area contributed by atoms with Crippen LogP contribution in [0.2, 0.25) is 0 Å². The third-order valence-corrected chi connectivity index (χ3v) is 3.85. The smallest absolute Gasteiger partial charge is 0.234 e. The van der Waals surface area contributed by atoms with Crippen LogP contribution in [0.1, 0.15) is 30.1 Å². The highest BCUT2D eigenvalue weighted by Crippen LogP contribution is 2.32. The normalized spacial score (nSPS) is 18.1. The number of nitrogens with two attached hydrogens (primary N) is 1. The number of aromatic nitrogens is 3. The zero-order valence-corrected chi connectivity index (χ0v) is 11.3. The standard InChI is InChI=1S/C14H18N4O2/c15-10-14(3-6-19-7-4-14)13-17-12(18-20-13)8-11-2-1-5-16-9-11/h1-2,5,9H,3-4,6-8,10,15H2. The summed E-state index contributed by atoms with van der Waals surface area (Å²) in [6.07, 6.45) is 5.84. The molecule has 2 N–H and O–H groups in total. The monoisotopic (exact) mass is 274 g/mol. The number of nitrogens with zero attached hydrogens (tertiary/aromatic N) is 3. The van der Waals surface area contributed by atoms with Gasteiger partial charge in [-0.05, 0) is 24.5 Å². The van der Waals surface area contributed by atoms with Gasteiger partial charge in [0.05, 0.1) is 5.41 Å². The summed E-state index contributed by atoms with van der Waals surface area (Å²) >= 11 is 0. The van der Waals surface area contributed by atoms with Crippen molar-refractivity contribution in [1.29, 1.82) is 0 Å². The summed E-state index contributed by atoms with van der Waals surface area (Å²) in [6.45, 7) is 1.89. The molecular formula is C14H18N4O2. The minimum Gasteiger partial charge on any atom is -0.381 e. The van der Waals surface area contributed by atoms with Crippen LogP contribution in [-0.4, -0.2) is 34.9 Å². The minimum atomic E-state index is -0.224. The van der Waals surface area contributed by atoms with Gasteiger partial charge in [-0.25, -0.2) is 0 Å². The summed E-state index contributed by atoms with van der Waals surface area (Å²) in [5.74, 6) is 1.31. The molecular weight excluding hydrogens is 256 g/mol. The molecule has 2 aromatic rings. The Labute approximate surface area is 117 Å². The second kappa shape index (κ2) is 5.68. The first kappa shape index (κ1) is 13.2. The first-order chi connectivity index (χ1) is 9.82. The van der Waals surface area contributed by atoms with Gasteiger partial charge in [-0.1, -0.05) is 11.2 Å². The summed E-state index contributed by atoms with van der Waals surface area (Å²) in [5.41, 5.74) is 6.78. The molecule has 0 aromatic carbocycles. The van der Waals surface area contributed by atoms with Gasteiger partial charge in [0.15, 0.2) is 5.82 Å². The first-order valence-corrected chi connectivity index (χ1v) is 6.82. The Morgan fingerprint density at radius 3 is 2.85 bits per heavy atom. The van der Waals surface area contributed by atoms with Gasteiger partial charge in [0.25, 0.3) is 0 Å². The highest BCUT2D eigenvalue weighted by atomic mass is 16.5. The number of rotatable bonds is 4. The van der Waals surface area contributed by atoms with E-state index in [1.165, 1.54) is 0 Å². The summed E-state index contributed by atoms with van der Waals surface area (Å²) in [6, 6.07) is 3.90. The van der Waals surface area contributed by atoms with Crippen molar-refractivity contribution >= 4 is 0 Å². The molecule has 20 heavy (non-hydrogen) atoms. The van der Waals surface area contributed by atoms with Gasteiger partial charge in [-0.15, -0.1) is 0 Å². The van der Waals surface area contributed by atoms with Crippen molar-refractivity contribution in [1.82, 2.24) is 15.1 Å². The van der Waals surface area contributed by atoms with E-state index in [4.69, 9.17) is 15.0 Å². The fourth-order valence-electron chi connectivity index (χ4n) is 2.49. The van der Waals surface area contributed by atoms with Crippen LogP contribution in [0.25, 0.3) is 0 Å². The Morgan fingerprint density at radius 1 is 1.30 bits per heavy atom. The van der Waals surface area contributed by atoms with Crippen molar-refractivity contribution in [3.63, 3.8) is 0 Å².